The molecule has 0 spiro atoms. The van der Waals surface area contributed by atoms with E-state index in [1.165, 1.54) is 23.6 Å². The zero-order valence-electron chi connectivity index (χ0n) is 14.4. The van der Waals surface area contributed by atoms with E-state index < -0.39 is 10.0 Å². The van der Waals surface area contributed by atoms with Gasteiger partial charge in [-0.2, -0.15) is 0 Å². The molecule has 2 bridgehead atoms. The van der Waals surface area contributed by atoms with Crippen molar-refractivity contribution in [3.05, 3.63) is 29.8 Å². The van der Waals surface area contributed by atoms with E-state index >= 15 is 0 Å². The van der Waals surface area contributed by atoms with Crippen LogP contribution in [0.4, 0.5) is 5.69 Å². The number of nitrogens with one attached hydrogen (secondary N) is 1. The zero-order valence-corrected chi connectivity index (χ0v) is 15.2. The Morgan fingerprint density at radius 2 is 1.92 bits per heavy atom. The van der Waals surface area contributed by atoms with Gasteiger partial charge in [-0.1, -0.05) is 25.5 Å². The lowest BCUT2D eigenvalue weighted by molar-refractivity contribution is -0.120. The first-order valence-corrected chi connectivity index (χ1v) is 10.6. The quantitative estimate of drug-likeness (QED) is 0.856. The molecule has 1 N–H and O–H groups in total. The first-order chi connectivity index (χ1) is 11.4. The molecule has 0 saturated heterocycles. The first-order valence-electron chi connectivity index (χ1n) is 8.73. The third kappa shape index (κ3) is 3.74. The second kappa shape index (κ2) is 6.75. The van der Waals surface area contributed by atoms with Gasteiger partial charge in [0.1, 0.15) is 6.54 Å². The second-order valence-corrected chi connectivity index (χ2v) is 9.05. The van der Waals surface area contributed by atoms with Gasteiger partial charge in [0.05, 0.1) is 11.9 Å². The number of amides is 1. The molecule has 3 rings (SSSR count). The van der Waals surface area contributed by atoms with Gasteiger partial charge in [-0.05, 0) is 55.2 Å². The maximum absolute atomic E-state index is 12.4. The summed E-state index contributed by atoms with van der Waals surface area (Å²) in [5, 5.41) is 3.06. The molecule has 0 radical (unpaired) electrons. The van der Waals surface area contributed by atoms with Crippen LogP contribution in [0.5, 0.6) is 0 Å². The van der Waals surface area contributed by atoms with Crippen molar-refractivity contribution in [2.24, 2.45) is 11.8 Å². The van der Waals surface area contributed by atoms with Crippen LogP contribution >= 0.6 is 0 Å². The Bertz CT molecular complexity index is 699. The number of carbonyl (C=O) groups excluding carboxylic acids is 1. The molecule has 0 aliphatic heterocycles. The lowest BCUT2D eigenvalue weighted by atomic mass is 9.95. The van der Waals surface area contributed by atoms with E-state index in [2.05, 4.69) is 5.32 Å². The van der Waals surface area contributed by atoms with Crippen molar-refractivity contribution in [3.63, 3.8) is 0 Å². The smallest absolute Gasteiger partial charge is 0.241 e. The van der Waals surface area contributed by atoms with Gasteiger partial charge in [0.25, 0.3) is 0 Å². The average molecular weight is 350 g/mol. The van der Waals surface area contributed by atoms with Crippen LogP contribution < -0.4 is 9.62 Å². The fourth-order valence-electron chi connectivity index (χ4n) is 4.10. The Morgan fingerprint density at radius 3 is 2.42 bits per heavy atom. The van der Waals surface area contributed by atoms with Gasteiger partial charge in [0.15, 0.2) is 0 Å². The predicted octanol–water partition coefficient (Wildman–Crippen LogP) is 2.32. The molecular weight excluding hydrogens is 324 g/mol. The number of fused-ring (bicyclic) bond motifs is 2. The van der Waals surface area contributed by atoms with Crippen molar-refractivity contribution in [3.8, 4) is 0 Å². The molecule has 1 amide bonds. The molecule has 3 unspecified atom stereocenters. The number of nitrogens with zero attached hydrogens (tertiary/aromatic N) is 1. The van der Waals surface area contributed by atoms with Crippen molar-refractivity contribution < 1.29 is 13.2 Å². The minimum atomic E-state index is -3.50. The van der Waals surface area contributed by atoms with Gasteiger partial charge in [0.2, 0.25) is 15.9 Å². The van der Waals surface area contributed by atoms with E-state index in [1.54, 1.807) is 12.1 Å². The third-order valence-electron chi connectivity index (χ3n) is 5.40. The number of hydrogen-bond acceptors (Lipinski definition) is 3. The Balaban J connectivity index is 1.68. The van der Waals surface area contributed by atoms with Gasteiger partial charge in [0, 0.05) is 6.04 Å². The topological polar surface area (TPSA) is 66.5 Å². The number of carbonyl (C=O) groups is 1. The number of aryl methyl sites for hydroxylation is 1. The molecule has 2 saturated carbocycles. The number of rotatable bonds is 6. The minimum Gasteiger partial charge on any atom is -0.352 e. The predicted molar refractivity (Wildman–Crippen MR) is 95.4 cm³/mol. The Morgan fingerprint density at radius 1 is 1.21 bits per heavy atom. The van der Waals surface area contributed by atoms with E-state index in [1.807, 2.05) is 19.1 Å². The summed E-state index contributed by atoms with van der Waals surface area (Å²) in [6, 6.07) is 7.57. The first kappa shape index (κ1) is 17.3. The summed E-state index contributed by atoms with van der Waals surface area (Å²) in [5.74, 6) is 1.11. The highest BCUT2D eigenvalue weighted by atomic mass is 32.2. The third-order valence-corrected chi connectivity index (χ3v) is 6.55. The van der Waals surface area contributed by atoms with Crippen LogP contribution in [0.1, 0.15) is 38.2 Å². The van der Waals surface area contributed by atoms with Crippen LogP contribution in [-0.4, -0.2) is 33.2 Å². The lowest BCUT2D eigenvalue weighted by Crippen LogP contribution is -2.45. The van der Waals surface area contributed by atoms with Gasteiger partial charge >= 0.3 is 0 Å². The summed E-state index contributed by atoms with van der Waals surface area (Å²) in [6.45, 7) is 1.89. The van der Waals surface area contributed by atoms with E-state index in [4.69, 9.17) is 0 Å². The van der Waals surface area contributed by atoms with Crippen LogP contribution in [0.2, 0.25) is 0 Å². The van der Waals surface area contributed by atoms with Gasteiger partial charge in [-0.15, -0.1) is 0 Å². The van der Waals surface area contributed by atoms with Crippen LogP contribution in [-0.2, 0) is 21.2 Å². The second-order valence-electron chi connectivity index (χ2n) is 7.14. The van der Waals surface area contributed by atoms with Gasteiger partial charge in [-0.3, -0.25) is 9.10 Å². The number of sulfonamides is 1. The average Bonchev–Trinajstić information content (AvgIpc) is 3.14. The van der Waals surface area contributed by atoms with Crippen LogP contribution in [0.25, 0.3) is 0 Å². The van der Waals surface area contributed by atoms with Gasteiger partial charge in [-0.25, -0.2) is 8.42 Å². The molecule has 3 atom stereocenters. The van der Waals surface area contributed by atoms with Crippen LogP contribution in [0.15, 0.2) is 24.3 Å². The maximum Gasteiger partial charge on any atom is 0.241 e. The van der Waals surface area contributed by atoms with Crippen molar-refractivity contribution in [1.29, 1.82) is 0 Å². The van der Waals surface area contributed by atoms with Gasteiger partial charge < -0.3 is 5.32 Å². The van der Waals surface area contributed by atoms with Crippen LogP contribution in [0, 0.1) is 11.8 Å². The fraction of sp³-hybridized carbons (Fsp3) is 0.611. The molecule has 0 heterocycles. The van der Waals surface area contributed by atoms with Crippen molar-refractivity contribution in [1.82, 2.24) is 5.32 Å². The molecule has 1 aromatic carbocycles. The molecule has 2 aliphatic rings. The summed E-state index contributed by atoms with van der Waals surface area (Å²) in [5.41, 5.74) is 1.68. The number of benzene rings is 1. The Hall–Kier alpha value is -1.56. The van der Waals surface area contributed by atoms with Crippen molar-refractivity contribution >= 4 is 21.6 Å². The molecule has 1 aromatic rings. The zero-order chi connectivity index (χ0) is 17.3. The Kier molecular flexibility index (Phi) is 4.85. The molecule has 5 nitrogen and oxygen atoms in total. The highest BCUT2D eigenvalue weighted by molar-refractivity contribution is 7.92. The molecule has 0 aromatic heterocycles. The summed E-state index contributed by atoms with van der Waals surface area (Å²) < 4.78 is 25.5. The number of hydrogen-bond donors (Lipinski definition) is 1. The van der Waals surface area contributed by atoms with E-state index in [-0.39, 0.29) is 18.5 Å². The van der Waals surface area contributed by atoms with Crippen molar-refractivity contribution in [2.75, 3.05) is 17.1 Å². The summed E-state index contributed by atoms with van der Waals surface area (Å²) in [4.78, 5) is 12.4. The maximum atomic E-state index is 12.4. The molecule has 2 aliphatic carbocycles. The summed E-state index contributed by atoms with van der Waals surface area (Å²) >= 11 is 0. The fourth-order valence-corrected chi connectivity index (χ4v) is 4.96. The van der Waals surface area contributed by atoms with E-state index in [0.29, 0.717) is 11.6 Å². The summed E-state index contributed by atoms with van der Waals surface area (Å²) in [6.07, 6.45) is 6.75. The Labute approximate surface area is 144 Å². The molecule has 2 fully saturated rings. The molecule has 132 valence electrons. The highest BCUT2D eigenvalue weighted by Gasteiger charge is 2.40. The monoisotopic (exact) mass is 350 g/mol. The standard InChI is InChI=1S/C18H26N2O3S/c1-3-13-5-8-16(9-6-13)20(24(2,22)23)12-18(21)19-17-11-14-4-7-15(17)10-14/h5-6,8-9,14-15,17H,3-4,7,10-12H2,1-2H3,(H,19,21). The summed E-state index contributed by atoms with van der Waals surface area (Å²) in [7, 11) is -3.50. The minimum absolute atomic E-state index is 0.155. The SMILES string of the molecule is CCc1ccc(N(CC(=O)NC2CC3CCC2C3)S(C)(=O)=O)cc1. The van der Waals surface area contributed by atoms with Crippen molar-refractivity contribution in [2.45, 2.75) is 45.1 Å². The lowest BCUT2D eigenvalue weighted by Gasteiger charge is -2.26. The molecule has 6 heteroatoms. The van der Waals surface area contributed by atoms with Crippen LogP contribution in [0.3, 0.4) is 0 Å². The number of anilines is 1. The largest absolute Gasteiger partial charge is 0.352 e. The van der Waals surface area contributed by atoms with E-state index in [9.17, 15) is 13.2 Å². The molecular formula is C18H26N2O3S. The van der Waals surface area contributed by atoms with E-state index in [0.717, 1.165) is 30.6 Å². The highest BCUT2D eigenvalue weighted by Crippen LogP contribution is 2.44. The normalized spacial score (nSPS) is 25.7. The molecule has 24 heavy (non-hydrogen) atoms.